The summed E-state index contributed by atoms with van der Waals surface area (Å²) in [6.07, 6.45) is 3.13. The Hall–Kier alpha value is -2.25. The molecule has 0 aliphatic carbocycles. The highest BCUT2D eigenvalue weighted by atomic mass is 32.2. The van der Waals surface area contributed by atoms with Gasteiger partial charge in [0.2, 0.25) is 0 Å². The first-order valence-corrected chi connectivity index (χ1v) is 13.6. The number of amidine groups is 1. The number of ether oxygens (including phenoxy) is 1. The molecule has 2 heterocycles. The fourth-order valence-electron chi connectivity index (χ4n) is 4.86. The van der Waals surface area contributed by atoms with Gasteiger partial charge in [-0.15, -0.1) is 4.40 Å². The average Bonchev–Trinajstić information content (AvgIpc) is 2.78. The fraction of sp³-hybridized carbons (Fsp3) is 0.536. The molecule has 1 fully saturated rings. The molecule has 2 N–H and O–H groups in total. The van der Waals surface area contributed by atoms with Crippen LogP contribution in [0.5, 0.6) is 0 Å². The van der Waals surface area contributed by atoms with Crippen LogP contribution in [-0.4, -0.2) is 39.4 Å². The van der Waals surface area contributed by atoms with E-state index < -0.39 is 16.6 Å². The molecule has 2 aliphatic heterocycles. The van der Waals surface area contributed by atoms with Gasteiger partial charge in [-0.25, -0.2) is 8.60 Å². The minimum atomic E-state index is -1.42. The number of hydrogen-bond donors (Lipinski definition) is 1. The first kappa shape index (κ1) is 27.3. The summed E-state index contributed by atoms with van der Waals surface area (Å²) in [4.78, 5) is 2.56. The number of nitrogens with zero attached hydrogens (tertiary/aromatic N) is 2. The lowest BCUT2D eigenvalue weighted by Crippen LogP contribution is -2.45. The number of aryl methyl sites for hydroxylation is 1. The van der Waals surface area contributed by atoms with Crippen LogP contribution in [0.15, 0.2) is 52.9 Å². The molecular weight excluding hydrogens is 461 g/mol. The third-order valence-corrected chi connectivity index (χ3v) is 8.48. The van der Waals surface area contributed by atoms with Crippen LogP contribution in [0.4, 0.5) is 4.39 Å². The number of benzene rings is 2. The summed E-state index contributed by atoms with van der Waals surface area (Å²) in [5.74, 6) is 0.498. The van der Waals surface area contributed by atoms with Gasteiger partial charge < -0.3 is 10.5 Å². The quantitative estimate of drug-likeness (QED) is 0.570. The van der Waals surface area contributed by atoms with E-state index in [2.05, 4.69) is 54.3 Å². The molecule has 2 atom stereocenters. The Bertz CT molecular complexity index is 1040. The minimum absolute atomic E-state index is 0.00631. The van der Waals surface area contributed by atoms with Crippen molar-refractivity contribution in [2.75, 3.05) is 13.1 Å². The molecule has 192 valence electrons. The van der Waals surface area contributed by atoms with Gasteiger partial charge in [0.1, 0.15) is 16.7 Å². The van der Waals surface area contributed by atoms with Crippen LogP contribution >= 0.6 is 0 Å². The van der Waals surface area contributed by atoms with E-state index in [4.69, 9.17) is 10.5 Å². The monoisotopic (exact) mass is 501 g/mol. The summed E-state index contributed by atoms with van der Waals surface area (Å²) < 4.78 is 34.6. The summed E-state index contributed by atoms with van der Waals surface area (Å²) in [7, 11) is -1.42. The lowest BCUT2D eigenvalue weighted by molar-refractivity contribution is 0.0848. The normalized spacial score (nSPS) is 23.0. The Morgan fingerprint density at radius 1 is 1.09 bits per heavy atom. The van der Waals surface area contributed by atoms with E-state index in [1.807, 2.05) is 26.8 Å². The zero-order chi connectivity index (χ0) is 25.8. The molecule has 0 bridgehead atoms. The number of nitrogens with two attached hydrogens (primary N) is 1. The summed E-state index contributed by atoms with van der Waals surface area (Å²) in [5, 5.41) is -0.313. The number of piperidine rings is 1. The topological polar surface area (TPSA) is 67.9 Å². The molecule has 7 heteroatoms. The van der Waals surface area contributed by atoms with E-state index in [0.29, 0.717) is 5.92 Å². The molecule has 0 saturated carbocycles. The van der Waals surface area contributed by atoms with Crippen molar-refractivity contribution in [1.82, 2.24) is 4.90 Å². The molecule has 2 unspecified atom stereocenters. The van der Waals surface area contributed by atoms with Crippen molar-refractivity contribution in [3.05, 3.63) is 71.0 Å². The van der Waals surface area contributed by atoms with Crippen LogP contribution in [0.2, 0.25) is 0 Å². The molecule has 0 spiro atoms. The molecule has 0 radical (unpaired) electrons. The number of hydrogen-bond acceptors (Lipinski definition) is 4. The average molecular weight is 502 g/mol. The maximum atomic E-state index is 12.6. The van der Waals surface area contributed by atoms with E-state index in [9.17, 15) is 8.60 Å². The number of halogens is 1. The van der Waals surface area contributed by atoms with Crippen molar-refractivity contribution in [3.63, 3.8) is 0 Å². The van der Waals surface area contributed by atoms with Gasteiger partial charge in [-0.3, -0.25) is 4.90 Å². The van der Waals surface area contributed by atoms with Gasteiger partial charge in [-0.2, -0.15) is 0 Å². The van der Waals surface area contributed by atoms with E-state index in [1.165, 1.54) is 24.5 Å². The van der Waals surface area contributed by atoms with Crippen molar-refractivity contribution < 1.29 is 13.3 Å². The Morgan fingerprint density at radius 2 is 1.66 bits per heavy atom. The van der Waals surface area contributed by atoms with Gasteiger partial charge in [0.05, 0.1) is 0 Å². The zero-order valence-electron chi connectivity index (χ0n) is 21.9. The van der Waals surface area contributed by atoms with Crippen molar-refractivity contribution in [2.45, 2.75) is 83.1 Å². The number of likely N-dealkylation sites (tertiary alicyclic amines) is 1. The molecule has 35 heavy (non-hydrogen) atoms. The maximum absolute atomic E-state index is 12.6. The van der Waals surface area contributed by atoms with E-state index in [0.717, 1.165) is 30.6 Å². The van der Waals surface area contributed by atoms with Gasteiger partial charge in [0.25, 0.3) is 6.02 Å². The lowest BCUT2D eigenvalue weighted by Gasteiger charge is -2.41. The van der Waals surface area contributed by atoms with Crippen molar-refractivity contribution >= 4 is 17.0 Å². The summed E-state index contributed by atoms with van der Waals surface area (Å²) in [5.41, 5.74) is 8.38. The molecule has 4 rings (SSSR count). The molecule has 2 aromatic rings. The fourth-order valence-corrected chi connectivity index (χ4v) is 6.10. The first-order chi connectivity index (χ1) is 16.4. The van der Waals surface area contributed by atoms with Crippen LogP contribution in [0.3, 0.4) is 0 Å². The third kappa shape index (κ3) is 6.91. The summed E-state index contributed by atoms with van der Waals surface area (Å²) in [6, 6.07) is 15.4. The first-order valence-electron chi connectivity index (χ1n) is 12.4. The van der Waals surface area contributed by atoms with Gasteiger partial charge in [-0.05, 0) is 95.6 Å². The molecule has 1 saturated heterocycles. The molecule has 0 amide bonds. The molecular formula is C28H40FN3O2S. The standard InChI is InChI=1S/C20H31N3O2S.C8H9F/c1-19(2,3)23-12-10-15(11-13-23)14-6-8-16(9-7-14)17-20(4,5)25-18(21)22-26(17)24;1-2-7-5-3-4-6-8(7)9/h6-9,15,17H,10-13H2,1-5H3,(H2,21,22);3-6H,2H2,1H3. The largest absolute Gasteiger partial charge is 0.457 e. The van der Waals surface area contributed by atoms with E-state index >= 15 is 0 Å². The Labute approximate surface area is 212 Å². The van der Waals surface area contributed by atoms with Crippen LogP contribution in [-0.2, 0) is 22.1 Å². The minimum Gasteiger partial charge on any atom is -0.457 e. The van der Waals surface area contributed by atoms with E-state index in [-0.39, 0.29) is 22.6 Å². The van der Waals surface area contributed by atoms with Gasteiger partial charge in [-0.1, -0.05) is 49.4 Å². The predicted molar refractivity (Wildman–Crippen MR) is 143 cm³/mol. The highest BCUT2D eigenvalue weighted by Crippen LogP contribution is 2.39. The van der Waals surface area contributed by atoms with Crippen molar-refractivity contribution in [2.24, 2.45) is 10.1 Å². The van der Waals surface area contributed by atoms with E-state index in [1.54, 1.807) is 12.1 Å². The van der Waals surface area contributed by atoms with Gasteiger partial charge in [0, 0.05) is 5.54 Å². The summed E-state index contributed by atoms with van der Waals surface area (Å²) >= 11 is 0. The van der Waals surface area contributed by atoms with Gasteiger partial charge >= 0.3 is 0 Å². The maximum Gasteiger partial charge on any atom is 0.296 e. The molecule has 0 aromatic heterocycles. The molecule has 2 aromatic carbocycles. The van der Waals surface area contributed by atoms with Crippen LogP contribution in [0.25, 0.3) is 0 Å². The highest BCUT2D eigenvalue weighted by molar-refractivity contribution is 7.84. The Balaban J connectivity index is 0.000000320. The predicted octanol–water partition coefficient (Wildman–Crippen LogP) is 5.88. The van der Waals surface area contributed by atoms with Crippen molar-refractivity contribution in [1.29, 1.82) is 0 Å². The summed E-state index contributed by atoms with van der Waals surface area (Å²) in [6.45, 7) is 14.9. The molecule has 5 nitrogen and oxygen atoms in total. The molecule has 2 aliphatic rings. The third-order valence-electron chi connectivity index (χ3n) is 6.87. The van der Waals surface area contributed by atoms with Crippen molar-refractivity contribution in [3.8, 4) is 0 Å². The van der Waals surface area contributed by atoms with Crippen LogP contribution in [0.1, 0.15) is 82.2 Å². The SMILES string of the molecule is CC1(C)OC(N)=NS(=O)C1c1ccc(C2CCN(C(C)(C)C)CC2)cc1.CCc1ccccc1F. The van der Waals surface area contributed by atoms with Crippen LogP contribution in [0, 0.1) is 5.82 Å². The Kier molecular flexibility index (Phi) is 8.76. The van der Waals surface area contributed by atoms with Crippen LogP contribution < -0.4 is 5.73 Å². The highest BCUT2D eigenvalue weighted by Gasteiger charge is 2.42. The smallest absolute Gasteiger partial charge is 0.296 e. The van der Waals surface area contributed by atoms with Gasteiger partial charge in [0.15, 0.2) is 11.0 Å². The lowest BCUT2D eigenvalue weighted by atomic mass is 9.86. The Morgan fingerprint density at radius 3 is 2.14 bits per heavy atom. The second kappa shape index (κ2) is 11.2. The second-order valence-corrected chi connectivity index (χ2v) is 12.0. The second-order valence-electron chi connectivity index (χ2n) is 10.8. The zero-order valence-corrected chi connectivity index (χ0v) is 22.7. The number of rotatable bonds is 3.